The maximum absolute atomic E-state index is 9.60. The molecule has 0 amide bonds. The highest BCUT2D eigenvalue weighted by atomic mass is 16.4. The number of allylic oxidation sites excluding steroid dienone is 1. The van der Waals surface area contributed by atoms with E-state index >= 15 is 0 Å². The fourth-order valence-electron chi connectivity index (χ4n) is 0. The molecular formula is C8H14O2. The number of carbonyl (C=O) groups is 1. The van der Waals surface area contributed by atoms with Gasteiger partial charge in [0.1, 0.15) is 0 Å². The van der Waals surface area contributed by atoms with Gasteiger partial charge in [-0.2, -0.15) is 0 Å². The van der Waals surface area contributed by atoms with E-state index in [0.29, 0.717) is 0 Å². The van der Waals surface area contributed by atoms with Crippen LogP contribution < -0.4 is 0 Å². The van der Waals surface area contributed by atoms with Crippen LogP contribution in [0.1, 0.15) is 20.8 Å². The second kappa shape index (κ2) is 6.08. The van der Waals surface area contributed by atoms with Gasteiger partial charge in [-0.3, -0.25) is 0 Å². The van der Waals surface area contributed by atoms with Gasteiger partial charge in [-0.1, -0.05) is 12.2 Å². The van der Waals surface area contributed by atoms with Crippen LogP contribution in [0.4, 0.5) is 0 Å². The summed E-state index contributed by atoms with van der Waals surface area (Å²) in [6, 6.07) is 0. The molecule has 0 unspecified atom stereocenters. The predicted octanol–water partition coefficient (Wildman–Crippen LogP) is 2.23. The zero-order valence-electron chi connectivity index (χ0n) is 6.77. The van der Waals surface area contributed by atoms with Crippen molar-refractivity contribution < 1.29 is 9.90 Å². The van der Waals surface area contributed by atoms with Crippen LogP contribution in [0.5, 0.6) is 0 Å². The topological polar surface area (TPSA) is 37.3 Å². The lowest BCUT2D eigenvalue weighted by Gasteiger charge is -1.79. The number of hydrogen-bond donors (Lipinski definition) is 1. The molecule has 0 aromatic heterocycles. The maximum Gasteiger partial charge on any atom is 0.330 e. The van der Waals surface area contributed by atoms with E-state index in [2.05, 4.69) is 13.2 Å². The SMILES string of the molecule is C=C(C)C.C=C(C)C(=O)O. The Morgan fingerprint density at radius 1 is 1.20 bits per heavy atom. The zero-order chi connectivity index (χ0) is 8.73. The molecule has 2 nitrogen and oxygen atoms in total. The van der Waals surface area contributed by atoms with Crippen LogP contribution in [-0.4, -0.2) is 11.1 Å². The molecule has 0 aliphatic carbocycles. The third-order valence-electron chi connectivity index (χ3n) is 0.365. The van der Waals surface area contributed by atoms with Crippen LogP contribution in [0, 0.1) is 0 Å². The van der Waals surface area contributed by atoms with E-state index in [1.165, 1.54) is 12.5 Å². The van der Waals surface area contributed by atoms with Crippen molar-refractivity contribution in [3.63, 3.8) is 0 Å². The molecule has 0 radical (unpaired) electrons. The van der Waals surface area contributed by atoms with E-state index in [-0.39, 0.29) is 5.57 Å². The summed E-state index contributed by atoms with van der Waals surface area (Å²) < 4.78 is 0. The van der Waals surface area contributed by atoms with Gasteiger partial charge in [-0.05, 0) is 20.8 Å². The summed E-state index contributed by atoms with van der Waals surface area (Å²) in [7, 11) is 0. The average Bonchev–Trinajstić information content (AvgIpc) is 1.63. The summed E-state index contributed by atoms with van der Waals surface area (Å²) in [5.41, 5.74) is 1.34. The lowest BCUT2D eigenvalue weighted by Crippen LogP contribution is -1.92. The molecule has 1 N–H and O–H groups in total. The third-order valence-corrected chi connectivity index (χ3v) is 0.365. The summed E-state index contributed by atoms with van der Waals surface area (Å²) in [6.07, 6.45) is 0. The van der Waals surface area contributed by atoms with Crippen molar-refractivity contribution in [1.82, 2.24) is 0 Å². The third kappa shape index (κ3) is 28.3. The van der Waals surface area contributed by atoms with Crippen LogP contribution >= 0.6 is 0 Å². The van der Waals surface area contributed by atoms with Gasteiger partial charge in [0.15, 0.2) is 0 Å². The van der Waals surface area contributed by atoms with Crippen molar-refractivity contribution in [2.24, 2.45) is 0 Å². The van der Waals surface area contributed by atoms with Gasteiger partial charge in [0.05, 0.1) is 0 Å². The van der Waals surface area contributed by atoms with Crippen molar-refractivity contribution in [3.05, 3.63) is 24.3 Å². The minimum Gasteiger partial charge on any atom is -0.478 e. The molecule has 0 bridgehead atoms. The van der Waals surface area contributed by atoms with Crippen LogP contribution in [0.15, 0.2) is 24.3 Å². The van der Waals surface area contributed by atoms with Crippen molar-refractivity contribution in [2.75, 3.05) is 0 Å². The van der Waals surface area contributed by atoms with Crippen LogP contribution in [0.25, 0.3) is 0 Å². The Kier molecular flexibility index (Phi) is 7.12. The predicted molar refractivity (Wildman–Crippen MR) is 42.9 cm³/mol. The molecule has 0 fully saturated rings. The smallest absolute Gasteiger partial charge is 0.330 e. The molecule has 0 aliphatic heterocycles. The van der Waals surface area contributed by atoms with E-state index in [9.17, 15) is 4.79 Å². The zero-order valence-corrected chi connectivity index (χ0v) is 6.77. The van der Waals surface area contributed by atoms with E-state index in [1.54, 1.807) is 0 Å². The van der Waals surface area contributed by atoms with Gasteiger partial charge >= 0.3 is 5.97 Å². The summed E-state index contributed by atoms with van der Waals surface area (Å²) in [5, 5.41) is 7.89. The van der Waals surface area contributed by atoms with Crippen molar-refractivity contribution in [1.29, 1.82) is 0 Å². The molecule has 0 saturated carbocycles. The lowest BCUT2D eigenvalue weighted by molar-refractivity contribution is -0.132. The Morgan fingerprint density at radius 2 is 1.30 bits per heavy atom. The highest BCUT2D eigenvalue weighted by molar-refractivity contribution is 5.84. The molecule has 0 rings (SSSR count). The largest absolute Gasteiger partial charge is 0.478 e. The molecule has 0 aliphatic rings. The van der Waals surface area contributed by atoms with Gasteiger partial charge in [0.25, 0.3) is 0 Å². The average molecular weight is 142 g/mol. The Bertz CT molecular complexity index is 129. The van der Waals surface area contributed by atoms with Crippen molar-refractivity contribution in [3.8, 4) is 0 Å². The number of carboxylic acids is 1. The van der Waals surface area contributed by atoms with Gasteiger partial charge in [0.2, 0.25) is 0 Å². The molecule has 58 valence electrons. The molecule has 2 heteroatoms. The first kappa shape index (κ1) is 11.7. The molecule has 0 heterocycles. The molecule has 0 aromatic rings. The van der Waals surface area contributed by atoms with Gasteiger partial charge in [-0.25, -0.2) is 4.79 Å². The first-order valence-corrected chi connectivity index (χ1v) is 2.88. The minimum atomic E-state index is -0.935. The Hall–Kier alpha value is -1.05. The Labute approximate surface area is 61.9 Å². The molecule has 0 saturated heterocycles. The van der Waals surface area contributed by atoms with E-state index in [1.807, 2.05) is 13.8 Å². The molecular weight excluding hydrogens is 128 g/mol. The number of aliphatic carboxylic acids is 1. The van der Waals surface area contributed by atoms with E-state index in [0.717, 1.165) is 0 Å². The minimum absolute atomic E-state index is 0.176. The highest BCUT2D eigenvalue weighted by Gasteiger charge is 1.90. The monoisotopic (exact) mass is 142 g/mol. The highest BCUT2D eigenvalue weighted by Crippen LogP contribution is 1.81. The second-order valence-corrected chi connectivity index (χ2v) is 2.29. The molecule has 10 heavy (non-hydrogen) atoms. The number of hydrogen-bond acceptors (Lipinski definition) is 1. The first-order chi connectivity index (χ1) is 4.37. The van der Waals surface area contributed by atoms with E-state index in [4.69, 9.17) is 5.11 Å². The van der Waals surface area contributed by atoms with Gasteiger partial charge in [0, 0.05) is 5.57 Å². The van der Waals surface area contributed by atoms with Crippen LogP contribution in [0.2, 0.25) is 0 Å². The molecule has 0 spiro atoms. The first-order valence-electron chi connectivity index (χ1n) is 2.88. The normalized spacial score (nSPS) is 7.10. The molecule has 0 aromatic carbocycles. The summed E-state index contributed by atoms with van der Waals surface area (Å²) in [4.78, 5) is 9.60. The van der Waals surface area contributed by atoms with E-state index < -0.39 is 5.97 Å². The Balaban J connectivity index is 0. The Morgan fingerprint density at radius 3 is 1.30 bits per heavy atom. The van der Waals surface area contributed by atoms with Gasteiger partial charge < -0.3 is 5.11 Å². The van der Waals surface area contributed by atoms with Crippen LogP contribution in [0.3, 0.4) is 0 Å². The quantitative estimate of drug-likeness (QED) is 0.450. The summed E-state index contributed by atoms with van der Waals surface area (Å²) in [6.45, 7) is 12.1. The standard InChI is InChI=1S/C4H6O2.C4H8/c1-3(2)4(5)6;1-4(2)3/h1H2,2H3,(H,5,6);1H2,2-3H3. The maximum atomic E-state index is 9.60. The second-order valence-electron chi connectivity index (χ2n) is 2.29. The number of carboxylic acid groups (broad SMARTS) is 1. The fourth-order valence-corrected chi connectivity index (χ4v) is 0. The lowest BCUT2D eigenvalue weighted by atomic mass is 10.4. The van der Waals surface area contributed by atoms with Crippen molar-refractivity contribution >= 4 is 5.97 Å². The summed E-state index contributed by atoms with van der Waals surface area (Å²) >= 11 is 0. The summed E-state index contributed by atoms with van der Waals surface area (Å²) in [5.74, 6) is -0.935. The van der Waals surface area contributed by atoms with Crippen molar-refractivity contribution in [2.45, 2.75) is 20.8 Å². The van der Waals surface area contributed by atoms with Gasteiger partial charge in [-0.15, -0.1) is 6.58 Å². The van der Waals surface area contributed by atoms with Crippen LogP contribution in [-0.2, 0) is 4.79 Å². The fraction of sp³-hybridized carbons (Fsp3) is 0.375. The molecule has 0 atom stereocenters. The number of rotatable bonds is 1.